The van der Waals surface area contributed by atoms with E-state index < -0.39 is 0 Å². The van der Waals surface area contributed by atoms with E-state index in [0.29, 0.717) is 5.02 Å². The second-order valence-electron chi connectivity index (χ2n) is 4.23. The first-order valence-electron chi connectivity index (χ1n) is 5.75. The largest absolute Gasteiger partial charge is 0.508 e. The number of aromatic hydroxyl groups is 1. The topological polar surface area (TPSA) is 45.1 Å². The molecule has 0 saturated carbocycles. The van der Waals surface area contributed by atoms with Crippen molar-refractivity contribution in [2.24, 2.45) is 0 Å². The number of benzene rings is 1. The molecule has 0 bridgehead atoms. The van der Waals surface area contributed by atoms with E-state index in [1.54, 1.807) is 18.2 Å². The van der Waals surface area contributed by atoms with Crippen molar-refractivity contribution in [2.75, 3.05) is 5.32 Å². The average Bonchev–Trinajstić information content (AvgIpc) is 2.32. The van der Waals surface area contributed by atoms with Gasteiger partial charge < -0.3 is 10.4 Å². The van der Waals surface area contributed by atoms with Gasteiger partial charge in [-0.1, -0.05) is 17.7 Å². The van der Waals surface area contributed by atoms with E-state index in [4.69, 9.17) is 11.6 Å². The normalized spacial score (nSPS) is 12.2. The van der Waals surface area contributed by atoms with Crippen LogP contribution in [0.15, 0.2) is 36.4 Å². The summed E-state index contributed by atoms with van der Waals surface area (Å²) in [5, 5.41) is 13.7. The molecular formula is C14H15ClN2O. The Hall–Kier alpha value is -1.74. The number of aryl methyl sites for hydroxylation is 1. The Morgan fingerprint density at radius 3 is 2.78 bits per heavy atom. The minimum atomic E-state index is -0.0713. The molecule has 94 valence electrons. The molecule has 0 saturated heterocycles. The summed E-state index contributed by atoms with van der Waals surface area (Å²) in [6.45, 7) is 3.89. The molecule has 1 heterocycles. The van der Waals surface area contributed by atoms with Crippen LogP contribution in [0.3, 0.4) is 0 Å². The number of aromatic nitrogens is 1. The summed E-state index contributed by atoms with van der Waals surface area (Å²) in [6.07, 6.45) is 0. The number of phenolic OH excluding ortho intramolecular Hbond substituents is 1. The van der Waals surface area contributed by atoms with Crippen LogP contribution in [0.5, 0.6) is 5.75 Å². The van der Waals surface area contributed by atoms with E-state index in [2.05, 4.69) is 10.3 Å². The molecule has 0 aliphatic heterocycles. The maximum atomic E-state index is 9.82. The Bertz CT molecular complexity index is 557. The monoisotopic (exact) mass is 262 g/mol. The Labute approximate surface area is 111 Å². The summed E-state index contributed by atoms with van der Waals surface area (Å²) >= 11 is 5.93. The SMILES string of the molecule is Cc1cccc(NC(C)c2cc(Cl)ccc2O)n1. The Morgan fingerprint density at radius 1 is 1.28 bits per heavy atom. The maximum absolute atomic E-state index is 9.82. The molecular weight excluding hydrogens is 248 g/mol. The summed E-state index contributed by atoms with van der Waals surface area (Å²) in [4.78, 5) is 4.37. The molecule has 0 fully saturated rings. The quantitative estimate of drug-likeness (QED) is 0.881. The van der Waals surface area contributed by atoms with Gasteiger partial charge in [0.15, 0.2) is 0 Å². The maximum Gasteiger partial charge on any atom is 0.126 e. The highest BCUT2D eigenvalue weighted by atomic mass is 35.5. The smallest absolute Gasteiger partial charge is 0.126 e. The van der Waals surface area contributed by atoms with Crippen molar-refractivity contribution in [2.45, 2.75) is 19.9 Å². The van der Waals surface area contributed by atoms with Crippen LogP contribution in [-0.2, 0) is 0 Å². The predicted octanol–water partition coefficient (Wildman–Crippen LogP) is 3.92. The molecule has 3 nitrogen and oxygen atoms in total. The third-order valence-corrected chi connectivity index (χ3v) is 2.94. The van der Waals surface area contributed by atoms with Crippen molar-refractivity contribution in [1.82, 2.24) is 4.98 Å². The predicted molar refractivity (Wildman–Crippen MR) is 74.1 cm³/mol. The molecule has 4 heteroatoms. The third-order valence-electron chi connectivity index (χ3n) is 2.71. The zero-order valence-electron chi connectivity index (χ0n) is 10.3. The van der Waals surface area contributed by atoms with Gasteiger partial charge >= 0.3 is 0 Å². The fourth-order valence-corrected chi connectivity index (χ4v) is 1.98. The zero-order chi connectivity index (χ0) is 13.1. The number of halogens is 1. The van der Waals surface area contributed by atoms with Crippen LogP contribution in [0.1, 0.15) is 24.2 Å². The Balaban J connectivity index is 2.21. The zero-order valence-corrected chi connectivity index (χ0v) is 11.1. The Kier molecular flexibility index (Phi) is 3.72. The van der Waals surface area contributed by atoms with E-state index in [-0.39, 0.29) is 11.8 Å². The molecule has 2 rings (SSSR count). The van der Waals surface area contributed by atoms with Crippen molar-refractivity contribution >= 4 is 17.4 Å². The lowest BCUT2D eigenvalue weighted by Gasteiger charge is -2.16. The van der Waals surface area contributed by atoms with Crippen LogP contribution >= 0.6 is 11.6 Å². The first-order chi connectivity index (χ1) is 8.56. The van der Waals surface area contributed by atoms with E-state index in [9.17, 15) is 5.11 Å². The minimum Gasteiger partial charge on any atom is -0.508 e. The molecule has 0 aliphatic rings. The molecule has 0 radical (unpaired) electrons. The van der Waals surface area contributed by atoms with E-state index in [0.717, 1.165) is 17.1 Å². The number of nitrogens with zero attached hydrogens (tertiary/aromatic N) is 1. The second-order valence-corrected chi connectivity index (χ2v) is 4.67. The molecule has 0 aliphatic carbocycles. The fourth-order valence-electron chi connectivity index (χ4n) is 1.80. The van der Waals surface area contributed by atoms with Gasteiger partial charge in [-0.05, 0) is 44.2 Å². The summed E-state index contributed by atoms with van der Waals surface area (Å²) in [6, 6.07) is 10.7. The lowest BCUT2D eigenvalue weighted by Crippen LogP contribution is -2.08. The molecule has 2 aromatic rings. The van der Waals surface area contributed by atoms with Gasteiger partial charge in [0, 0.05) is 16.3 Å². The van der Waals surface area contributed by atoms with Gasteiger partial charge in [-0.15, -0.1) is 0 Å². The molecule has 1 unspecified atom stereocenters. The highest BCUT2D eigenvalue weighted by Crippen LogP contribution is 2.29. The van der Waals surface area contributed by atoms with Gasteiger partial charge in [-0.2, -0.15) is 0 Å². The summed E-state index contributed by atoms with van der Waals surface area (Å²) in [7, 11) is 0. The van der Waals surface area contributed by atoms with E-state index in [1.165, 1.54) is 0 Å². The van der Waals surface area contributed by atoms with Crippen molar-refractivity contribution in [3.63, 3.8) is 0 Å². The number of pyridine rings is 1. The van der Waals surface area contributed by atoms with Crippen molar-refractivity contribution in [3.8, 4) is 5.75 Å². The van der Waals surface area contributed by atoms with Crippen LogP contribution < -0.4 is 5.32 Å². The van der Waals surface area contributed by atoms with Gasteiger partial charge in [0.2, 0.25) is 0 Å². The van der Waals surface area contributed by atoms with Gasteiger partial charge in [0.05, 0.1) is 6.04 Å². The van der Waals surface area contributed by atoms with Crippen molar-refractivity contribution in [3.05, 3.63) is 52.7 Å². The van der Waals surface area contributed by atoms with Crippen LogP contribution in [0.4, 0.5) is 5.82 Å². The lowest BCUT2D eigenvalue weighted by molar-refractivity contribution is 0.465. The molecule has 0 amide bonds. The Morgan fingerprint density at radius 2 is 2.06 bits per heavy atom. The molecule has 1 atom stereocenters. The first-order valence-corrected chi connectivity index (χ1v) is 6.12. The number of phenols is 1. The molecule has 0 spiro atoms. The first kappa shape index (κ1) is 12.7. The van der Waals surface area contributed by atoms with Crippen molar-refractivity contribution < 1.29 is 5.11 Å². The van der Waals surface area contributed by atoms with E-state index >= 15 is 0 Å². The highest BCUT2D eigenvalue weighted by Gasteiger charge is 2.11. The number of hydrogen-bond acceptors (Lipinski definition) is 3. The van der Waals surface area contributed by atoms with Crippen LogP contribution in [0.25, 0.3) is 0 Å². The molecule has 1 aromatic heterocycles. The lowest BCUT2D eigenvalue weighted by atomic mass is 10.1. The van der Waals surface area contributed by atoms with Crippen LogP contribution in [0, 0.1) is 6.92 Å². The third kappa shape index (κ3) is 2.93. The fraction of sp³-hybridized carbons (Fsp3) is 0.214. The van der Waals surface area contributed by atoms with Crippen LogP contribution in [0.2, 0.25) is 5.02 Å². The van der Waals surface area contributed by atoms with Gasteiger partial charge in [-0.25, -0.2) is 4.98 Å². The molecule has 18 heavy (non-hydrogen) atoms. The molecule has 1 aromatic carbocycles. The summed E-state index contributed by atoms with van der Waals surface area (Å²) < 4.78 is 0. The van der Waals surface area contributed by atoms with E-state index in [1.807, 2.05) is 32.0 Å². The summed E-state index contributed by atoms with van der Waals surface area (Å²) in [5.41, 5.74) is 1.70. The van der Waals surface area contributed by atoms with Gasteiger partial charge in [0.1, 0.15) is 11.6 Å². The van der Waals surface area contributed by atoms with Crippen molar-refractivity contribution in [1.29, 1.82) is 0 Å². The number of anilines is 1. The second kappa shape index (κ2) is 5.27. The summed E-state index contributed by atoms with van der Waals surface area (Å²) in [5.74, 6) is 1.01. The highest BCUT2D eigenvalue weighted by molar-refractivity contribution is 6.30. The minimum absolute atomic E-state index is 0.0713. The number of nitrogens with one attached hydrogen (secondary N) is 1. The van der Waals surface area contributed by atoms with Gasteiger partial charge in [0.25, 0.3) is 0 Å². The van der Waals surface area contributed by atoms with Gasteiger partial charge in [-0.3, -0.25) is 0 Å². The molecule has 2 N–H and O–H groups in total. The van der Waals surface area contributed by atoms with Crippen LogP contribution in [-0.4, -0.2) is 10.1 Å². The number of rotatable bonds is 3. The number of hydrogen-bond donors (Lipinski definition) is 2. The standard InChI is InChI=1S/C14H15ClN2O/c1-9-4-3-5-14(16-9)17-10(2)12-8-11(15)6-7-13(12)18/h3-8,10,18H,1-2H3,(H,16,17). The average molecular weight is 263 g/mol.